The Balaban J connectivity index is 1.55. The van der Waals surface area contributed by atoms with E-state index < -0.39 is 20.5 Å². The van der Waals surface area contributed by atoms with Crippen molar-refractivity contribution < 1.29 is 18.0 Å². The van der Waals surface area contributed by atoms with Crippen LogP contribution >= 0.6 is 11.6 Å². The summed E-state index contributed by atoms with van der Waals surface area (Å²) in [5.41, 5.74) is 0.963. The van der Waals surface area contributed by atoms with E-state index in [-0.39, 0.29) is 29.7 Å². The molecule has 0 bridgehead atoms. The molecule has 2 amide bonds. The van der Waals surface area contributed by atoms with Crippen molar-refractivity contribution in [3.8, 4) is 0 Å². The number of carbonyl (C=O) groups is 2. The quantitative estimate of drug-likeness (QED) is 0.702. The number of nitrogens with one attached hydrogen (secondary N) is 2. The summed E-state index contributed by atoms with van der Waals surface area (Å²) in [7, 11) is -3.90. The highest BCUT2D eigenvalue weighted by molar-refractivity contribution is 7.93. The summed E-state index contributed by atoms with van der Waals surface area (Å²) in [5, 5.41) is 6.10. The lowest BCUT2D eigenvalue weighted by Crippen LogP contribution is -2.47. The molecule has 2 N–H and O–H groups in total. The molecule has 0 spiro atoms. The minimum atomic E-state index is -3.90. The molecule has 4 rings (SSSR count). The van der Waals surface area contributed by atoms with Crippen molar-refractivity contribution in [2.24, 2.45) is 0 Å². The standard InChI is InChI=1S/C22H23ClN2O4S/c23-16-5-11-19(12-6-16)30(28,29)22(13-1-2-14-22)21(27)25-18-7-3-15(4-8-18)20(26)24-17-9-10-17/h3-8,11-12,17H,1-2,9-10,13-14H2,(H,24,26)(H,25,27). The largest absolute Gasteiger partial charge is 0.349 e. The Labute approximate surface area is 180 Å². The zero-order valence-electron chi connectivity index (χ0n) is 16.4. The Morgan fingerprint density at radius 1 is 0.933 bits per heavy atom. The molecule has 2 aliphatic carbocycles. The van der Waals surface area contributed by atoms with E-state index in [0.29, 0.717) is 29.1 Å². The van der Waals surface area contributed by atoms with Crippen LogP contribution in [0.2, 0.25) is 5.02 Å². The number of anilines is 1. The summed E-state index contributed by atoms with van der Waals surface area (Å²) in [6.45, 7) is 0. The monoisotopic (exact) mass is 446 g/mol. The molecular weight excluding hydrogens is 424 g/mol. The Hall–Kier alpha value is -2.38. The number of sulfone groups is 1. The van der Waals surface area contributed by atoms with E-state index in [9.17, 15) is 18.0 Å². The molecule has 2 fully saturated rings. The number of halogens is 1. The maximum absolute atomic E-state index is 13.4. The summed E-state index contributed by atoms with van der Waals surface area (Å²) in [6, 6.07) is 12.7. The van der Waals surface area contributed by atoms with Crippen LogP contribution in [0, 0.1) is 0 Å². The maximum Gasteiger partial charge on any atom is 0.251 e. The average molecular weight is 447 g/mol. The molecule has 2 aliphatic rings. The van der Waals surface area contributed by atoms with Crippen molar-refractivity contribution >= 4 is 38.9 Å². The molecule has 2 aromatic rings. The third-order valence-corrected chi connectivity index (χ3v) is 8.55. The van der Waals surface area contributed by atoms with Crippen LogP contribution in [-0.2, 0) is 14.6 Å². The zero-order valence-corrected chi connectivity index (χ0v) is 17.9. The lowest BCUT2D eigenvalue weighted by molar-refractivity contribution is -0.118. The van der Waals surface area contributed by atoms with Crippen LogP contribution in [0.15, 0.2) is 53.4 Å². The van der Waals surface area contributed by atoms with Gasteiger partial charge in [0.2, 0.25) is 5.91 Å². The van der Waals surface area contributed by atoms with Crippen molar-refractivity contribution in [1.82, 2.24) is 5.32 Å². The van der Waals surface area contributed by atoms with Gasteiger partial charge in [0.1, 0.15) is 0 Å². The highest BCUT2D eigenvalue weighted by Crippen LogP contribution is 2.41. The molecular formula is C22H23ClN2O4S. The predicted molar refractivity (Wildman–Crippen MR) is 115 cm³/mol. The van der Waals surface area contributed by atoms with Gasteiger partial charge in [0, 0.05) is 22.3 Å². The second-order valence-corrected chi connectivity index (χ2v) is 10.6. The van der Waals surface area contributed by atoms with Gasteiger partial charge in [0.05, 0.1) is 4.90 Å². The fraction of sp³-hybridized carbons (Fsp3) is 0.364. The van der Waals surface area contributed by atoms with Crippen LogP contribution < -0.4 is 10.6 Å². The first kappa shape index (κ1) is 20.9. The molecule has 30 heavy (non-hydrogen) atoms. The molecule has 0 saturated heterocycles. The van der Waals surface area contributed by atoms with E-state index >= 15 is 0 Å². The van der Waals surface area contributed by atoms with Gasteiger partial charge >= 0.3 is 0 Å². The van der Waals surface area contributed by atoms with Crippen LogP contribution in [0.3, 0.4) is 0 Å². The Morgan fingerprint density at radius 2 is 1.53 bits per heavy atom. The van der Waals surface area contributed by atoms with Crippen LogP contribution in [0.5, 0.6) is 0 Å². The normalized spacial score (nSPS) is 18.0. The van der Waals surface area contributed by atoms with E-state index in [1.54, 1.807) is 24.3 Å². The van der Waals surface area contributed by atoms with Gasteiger partial charge in [-0.1, -0.05) is 24.4 Å². The summed E-state index contributed by atoms with van der Waals surface area (Å²) < 4.78 is 25.3. The van der Waals surface area contributed by atoms with Crippen LogP contribution in [-0.4, -0.2) is 31.0 Å². The number of benzene rings is 2. The van der Waals surface area contributed by atoms with Gasteiger partial charge in [-0.05, 0) is 74.2 Å². The smallest absolute Gasteiger partial charge is 0.251 e. The van der Waals surface area contributed by atoms with E-state index in [0.717, 1.165) is 12.8 Å². The van der Waals surface area contributed by atoms with Crippen LogP contribution in [0.25, 0.3) is 0 Å². The molecule has 0 heterocycles. The minimum absolute atomic E-state index is 0.0936. The molecule has 0 aromatic heterocycles. The van der Waals surface area contributed by atoms with E-state index in [1.807, 2.05) is 0 Å². The first-order valence-electron chi connectivity index (χ1n) is 10.0. The number of hydrogen-bond donors (Lipinski definition) is 2. The molecule has 6 nitrogen and oxygen atoms in total. The molecule has 2 aromatic carbocycles. The fourth-order valence-corrected chi connectivity index (χ4v) is 6.04. The van der Waals surface area contributed by atoms with Gasteiger partial charge in [-0.15, -0.1) is 0 Å². The number of carbonyl (C=O) groups excluding carboxylic acids is 2. The van der Waals surface area contributed by atoms with E-state index in [1.165, 1.54) is 24.3 Å². The summed E-state index contributed by atoms with van der Waals surface area (Å²) in [4.78, 5) is 25.4. The average Bonchev–Trinajstić information content (AvgIpc) is 3.39. The summed E-state index contributed by atoms with van der Waals surface area (Å²) in [5.74, 6) is -0.682. The fourth-order valence-electron chi connectivity index (χ4n) is 3.85. The van der Waals surface area contributed by atoms with Crippen LogP contribution in [0.1, 0.15) is 48.9 Å². The molecule has 2 saturated carbocycles. The lowest BCUT2D eigenvalue weighted by atomic mass is 10.1. The van der Waals surface area contributed by atoms with Crippen molar-refractivity contribution in [2.45, 2.75) is 54.2 Å². The minimum Gasteiger partial charge on any atom is -0.349 e. The van der Waals surface area contributed by atoms with Gasteiger partial charge in [-0.2, -0.15) is 0 Å². The second-order valence-electron chi connectivity index (χ2n) is 7.94. The molecule has 8 heteroatoms. The Bertz CT molecular complexity index is 1060. The van der Waals surface area contributed by atoms with Gasteiger partial charge < -0.3 is 10.6 Å². The second kappa shape index (κ2) is 8.04. The molecule has 0 aliphatic heterocycles. The third kappa shape index (κ3) is 3.96. The number of hydrogen-bond acceptors (Lipinski definition) is 4. The Kier molecular flexibility index (Phi) is 5.59. The van der Waals surface area contributed by atoms with Gasteiger partial charge in [-0.3, -0.25) is 9.59 Å². The third-order valence-electron chi connectivity index (χ3n) is 5.78. The number of rotatable bonds is 6. The first-order valence-corrected chi connectivity index (χ1v) is 11.9. The zero-order chi connectivity index (χ0) is 21.4. The van der Waals surface area contributed by atoms with Crippen molar-refractivity contribution in [3.05, 3.63) is 59.1 Å². The lowest BCUT2D eigenvalue weighted by Gasteiger charge is -2.27. The van der Waals surface area contributed by atoms with Crippen molar-refractivity contribution in [3.63, 3.8) is 0 Å². The Morgan fingerprint density at radius 3 is 2.10 bits per heavy atom. The van der Waals surface area contributed by atoms with Crippen molar-refractivity contribution in [2.75, 3.05) is 5.32 Å². The van der Waals surface area contributed by atoms with Gasteiger partial charge in [-0.25, -0.2) is 8.42 Å². The van der Waals surface area contributed by atoms with Gasteiger partial charge in [0.25, 0.3) is 5.91 Å². The predicted octanol–water partition coefficient (Wildman–Crippen LogP) is 3.96. The highest BCUT2D eigenvalue weighted by Gasteiger charge is 2.52. The van der Waals surface area contributed by atoms with Crippen molar-refractivity contribution in [1.29, 1.82) is 0 Å². The summed E-state index contributed by atoms with van der Waals surface area (Å²) in [6.07, 6.45) is 3.88. The molecule has 0 radical (unpaired) electrons. The maximum atomic E-state index is 13.4. The SMILES string of the molecule is O=C(NC1CC1)c1ccc(NC(=O)C2(S(=O)(=O)c3ccc(Cl)cc3)CCCC2)cc1. The van der Waals surface area contributed by atoms with Gasteiger partial charge in [0.15, 0.2) is 14.6 Å². The molecule has 0 unspecified atom stereocenters. The summed E-state index contributed by atoms with van der Waals surface area (Å²) >= 11 is 5.89. The number of amides is 2. The first-order chi connectivity index (χ1) is 14.3. The topological polar surface area (TPSA) is 92.3 Å². The van der Waals surface area contributed by atoms with E-state index in [2.05, 4.69) is 10.6 Å². The highest BCUT2D eigenvalue weighted by atomic mass is 35.5. The van der Waals surface area contributed by atoms with E-state index in [4.69, 9.17) is 11.6 Å². The van der Waals surface area contributed by atoms with Crippen LogP contribution in [0.4, 0.5) is 5.69 Å². The molecule has 0 atom stereocenters. The molecule has 158 valence electrons.